The number of hydrogen-bond acceptors (Lipinski definition) is 0. The van der Waals surface area contributed by atoms with Crippen LogP contribution in [-0.4, -0.2) is 0 Å². The lowest BCUT2D eigenvalue weighted by Gasteiger charge is -2.13. The van der Waals surface area contributed by atoms with Gasteiger partial charge in [0, 0.05) is 4.83 Å². The summed E-state index contributed by atoms with van der Waals surface area (Å²) in [5.41, 5.74) is 4.63. The van der Waals surface area contributed by atoms with E-state index >= 15 is 0 Å². The highest BCUT2D eigenvalue weighted by molar-refractivity contribution is 9.09. The van der Waals surface area contributed by atoms with Crippen molar-refractivity contribution in [2.45, 2.75) is 23.6 Å². The van der Waals surface area contributed by atoms with Gasteiger partial charge in [-0.15, -0.1) is 0 Å². The predicted octanol–water partition coefficient (Wildman–Crippen LogP) is 5.10. The Morgan fingerprint density at radius 3 is 2.53 bits per heavy atom. The van der Waals surface area contributed by atoms with Gasteiger partial charge in [0.05, 0.1) is 0 Å². The molecule has 19 heavy (non-hydrogen) atoms. The Bertz CT molecular complexity index is 590. The predicted molar refractivity (Wildman–Crippen MR) is 82.6 cm³/mol. The summed E-state index contributed by atoms with van der Waals surface area (Å²) in [5.74, 6) is 2.46. The van der Waals surface area contributed by atoms with E-state index in [1.165, 1.54) is 18.4 Å². The Kier molecular flexibility index (Phi) is 2.77. The van der Waals surface area contributed by atoms with Gasteiger partial charge in [-0.2, -0.15) is 0 Å². The van der Waals surface area contributed by atoms with Crippen LogP contribution < -0.4 is 0 Å². The molecule has 0 N–H and O–H groups in total. The molecule has 0 spiro atoms. The minimum Gasteiger partial charge on any atom is -0.0835 e. The molecule has 0 heterocycles. The fraction of sp³-hybridized carbons (Fsp3) is 0.333. The maximum absolute atomic E-state index is 3.95. The second kappa shape index (κ2) is 4.49. The van der Waals surface area contributed by atoms with E-state index in [-0.39, 0.29) is 0 Å². The molecule has 2 aliphatic rings. The Morgan fingerprint density at radius 1 is 0.947 bits per heavy atom. The molecular weight excluding hydrogens is 296 g/mol. The lowest BCUT2D eigenvalue weighted by Crippen LogP contribution is -2.00. The fourth-order valence-corrected chi connectivity index (χ4v) is 4.90. The molecule has 0 aliphatic heterocycles. The van der Waals surface area contributed by atoms with E-state index in [4.69, 9.17) is 0 Å². The van der Waals surface area contributed by atoms with Crippen LogP contribution >= 0.6 is 15.9 Å². The molecule has 4 unspecified atom stereocenters. The maximum Gasteiger partial charge on any atom is 0.0432 e. The van der Waals surface area contributed by atoms with Crippen molar-refractivity contribution in [3.8, 4) is 0 Å². The Labute approximate surface area is 123 Å². The average Bonchev–Trinajstić information content (AvgIpc) is 3.22. The van der Waals surface area contributed by atoms with E-state index < -0.39 is 0 Å². The van der Waals surface area contributed by atoms with E-state index in [1.807, 2.05) is 0 Å². The third kappa shape index (κ3) is 1.87. The van der Waals surface area contributed by atoms with Crippen LogP contribution in [0.4, 0.5) is 0 Å². The van der Waals surface area contributed by atoms with Gasteiger partial charge < -0.3 is 0 Å². The van der Waals surface area contributed by atoms with Crippen LogP contribution in [-0.2, 0) is 6.42 Å². The first kappa shape index (κ1) is 11.7. The summed E-state index contributed by atoms with van der Waals surface area (Å²) < 4.78 is 0. The minimum absolute atomic E-state index is 0.509. The van der Waals surface area contributed by atoms with E-state index in [1.54, 1.807) is 11.1 Å². The molecule has 4 atom stereocenters. The first-order valence-corrected chi connectivity index (χ1v) is 8.04. The van der Waals surface area contributed by atoms with Crippen molar-refractivity contribution in [3.63, 3.8) is 0 Å². The molecule has 2 aromatic carbocycles. The van der Waals surface area contributed by atoms with Crippen LogP contribution in [0, 0.1) is 11.8 Å². The third-order valence-electron chi connectivity index (χ3n) is 4.85. The highest BCUT2D eigenvalue weighted by Gasteiger charge is 2.55. The molecule has 1 heteroatoms. The number of aryl methyl sites for hydroxylation is 1. The zero-order valence-corrected chi connectivity index (χ0v) is 12.4. The standard InChI is InChI=1S/C18H17Br/c19-18(13-7-2-1-3-8-13)17-15-11-10-12-6-4-5-9-14(12)16(15)17/h1-9,15-18H,10-11H2. The van der Waals surface area contributed by atoms with Crippen LogP contribution in [0.25, 0.3) is 0 Å². The number of fused-ring (bicyclic) bond motifs is 3. The second-order valence-corrected chi connectivity index (χ2v) is 6.80. The Hall–Kier alpha value is -1.08. The Morgan fingerprint density at radius 2 is 1.68 bits per heavy atom. The number of halogens is 1. The van der Waals surface area contributed by atoms with Gasteiger partial charge in [0.25, 0.3) is 0 Å². The molecule has 0 aromatic heterocycles. The van der Waals surface area contributed by atoms with Gasteiger partial charge in [0.1, 0.15) is 0 Å². The van der Waals surface area contributed by atoms with Gasteiger partial charge in [0.15, 0.2) is 0 Å². The highest BCUT2D eigenvalue weighted by Crippen LogP contribution is 2.66. The van der Waals surface area contributed by atoms with Crippen molar-refractivity contribution >= 4 is 15.9 Å². The summed E-state index contributed by atoms with van der Waals surface area (Å²) in [6, 6.07) is 19.9. The van der Waals surface area contributed by atoms with E-state index in [0.717, 1.165) is 17.8 Å². The van der Waals surface area contributed by atoms with Crippen molar-refractivity contribution in [1.82, 2.24) is 0 Å². The van der Waals surface area contributed by atoms with Crippen LogP contribution in [0.2, 0.25) is 0 Å². The van der Waals surface area contributed by atoms with Crippen molar-refractivity contribution in [1.29, 1.82) is 0 Å². The van der Waals surface area contributed by atoms with Gasteiger partial charge in [0.2, 0.25) is 0 Å². The SMILES string of the molecule is BrC(c1ccccc1)C1C2CCc3ccccc3C21. The lowest BCUT2D eigenvalue weighted by molar-refractivity contribution is 0.627. The summed E-state index contributed by atoms with van der Waals surface area (Å²) in [5, 5.41) is 0. The molecule has 2 aliphatic carbocycles. The quantitative estimate of drug-likeness (QED) is 0.677. The summed E-state index contributed by atoms with van der Waals surface area (Å²) in [4.78, 5) is 0.509. The molecule has 0 nitrogen and oxygen atoms in total. The normalized spacial score (nSPS) is 29.2. The number of hydrogen-bond donors (Lipinski definition) is 0. The first-order chi connectivity index (χ1) is 9.36. The van der Waals surface area contributed by atoms with Crippen molar-refractivity contribution in [2.24, 2.45) is 11.8 Å². The van der Waals surface area contributed by atoms with Gasteiger partial charge >= 0.3 is 0 Å². The lowest BCUT2D eigenvalue weighted by atomic mass is 9.92. The van der Waals surface area contributed by atoms with Gasteiger partial charge in [-0.3, -0.25) is 0 Å². The molecule has 1 saturated carbocycles. The zero-order valence-electron chi connectivity index (χ0n) is 10.8. The summed E-state index contributed by atoms with van der Waals surface area (Å²) in [7, 11) is 0. The molecule has 2 aromatic rings. The molecule has 0 amide bonds. The molecule has 0 radical (unpaired) electrons. The van der Waals surface area contributed by atoms with Crippen molar-refractivity contribution in [2.75, 3.05) is 0 Å². The smallest absolute Gasteiger partial charge is 0.0432 e. The van der Waals surface area contributed by atoms with Crippen molar-refractivity contribution < 1.29 is 0 Å². The van der Waals surface area contributed by atoms with Crippen molar-refractivity contribution in [3.05, 3.63) is 71.3 Å². The summed E-state index contributed by atoms with van der Waals surface area (Å²) in [6.45, 7) is 0. The van der Waals surface area contributed by atoms with E-state index in [0.29, 0.717) is 4.83 Å². The maximum atomic E-state index is 3.95. The topological polar surface area (TPSA) is 0 Å². The largest absolute Gasteiger partial charge is 0.0835 e. The zero-order chi connectivity index (χ0) is 12.8. The van der Waals surface area contributed by atoms with E-state index in [2.05, 4.69) is 70.5 Å². The highest BCUT2D eigenvalue weighted by atomic mass is 79.9. The molecule has 4 rings (SSSR count). The fourth-order valence-electron chi connectivity index (χ4n) is 3.88. The van der Waals surface area contributed by atoms with Crippen LogP contribution in [0.5, 0.6) is 0 Å². The average molecular weight is 313 g/mol. The first-order valence-electron chi connectivity index (χ1n) is 7.13. The summed E-state index contributed by atoms with van der Waals surface area (Å²) >= 11 is 3.95. The molecule has 0 bridgehead atoms. The monoisotopic (exact) mass is 312 g/mol. The third-order valence-corrected chi connectivity index (χ3v) is 5.99. The van der Waals surface area contributed by atoms with Crippen LogP contribution in [0.1, 0.15) is 33.9 Å². The second-order valence-electron chi connectivity index (χ2n) is 5.82. The van der Waals surface area contributed by atoms with Gasteiger partial charge in [-0.1, -0.05) is 70.5 Å². The van der Waals surface area contributed by atoms with Crippen LogP contribution in [0.15, 0.2) is 54.6 Å². The van der Waals surface area contributed by atoms with E-state index in [9.17, 15) is 0 Å². The van der Waals surface area contributed by atoms with Crippen LogP contribution in [0.3, 0.4) is 0 Å². The van der Waals surface area contributed by atoms with Gasteiger partial charge in [-0.05, 0) is 47.3 Å². The number of rotatable bonds is 2. The molecule has 1 fully saturated rings. The molecular formula is C18H17Br. The summed E-state index contributed by atoms with van der Waals surface area (Å²) in [6.07, 6.45) is 2.63. The number of alkyl halides is 1. The van der Waals surface area contributed by atoms with Gasteiger partial charge in [-0.25, -0.2) is 0 Å². The molecule has 0 saturated heterocycles. The minimum atomic E-state index is 0.509. The number of benzene rings is 2. The molecule has 96 valence electrons. The Balaban J connectivity index is 1.64.